The average molecular weight is 347 g/mol. The van der Waals surface area contributed by atoms with Gasteiger partial charge in [-0.2, -0.15) is 0 Å². The number of allylic oxidation sites excluding steroid dienone is 2. The Kier molecular flexibility index (Phi) is 4.33. The number of benzene rings is 2. The van der Waals surface area contributed by atoms with E-state index < -0.39 is 5.82 Å². The number of rotatable bonds is 3. The molecule has 0 amide bonds. The summed E-state index contributed by atoms with van der Waals surface area (Å²) < 4.78 is 25.2. The number of carbonyl (C=O) groups excluding carboxylic acids is 1. The lowest BCUT2D eigenvalue weighted by Crippen LogP contribution is -2.01. The van der Waals surface area contributed by atoms with E-state index in [4.69, 9.17) is 21.1 Å². The number of halogens is 2. The molecule has 2 aromatic rings. The number of hydrogen-bond donors (Lipinski definition) is 0. The Bertz CT molecular complexity index is 847. The highest BCUT2D eigenvalue weighted by Gasteiger charge is 2.30. The van der Waals surface area contributed by atoms with E-state index in [0.29, 0.717) is 39.0 Å². The third-order valence-electron chi connectivity index (χ3n) is 3.90. The molecule has 3 nitrogen and oxygen atoms in total. The number of carbonyl (C=O) groups is 1. The van der Waals surface area contributed by atoms with Gasteiger partial charge in [-0.25, -0.2) is 4.39 Å². The minimum absolute atomic E-state index is 0.00538. The van der Waals surface area contributed by atoms with Crippen molar-refractivity contribution in [2.45, 2.75) is 27.4 Å². The third-order valence-corrected chi connectivity index (χ3v) is 4.25. The van der Waals surface area contributed by atoms with Crippen molar-refractivity contribution in [3.8, 4) is 11.5 Å². The molecule has 0 saturated heterocycles. The van der Waals surface area contributed by atoms with Gasteiger partial charge in [0, 0.05) is 11.1 Å². The molecule has 0 aliphatic carbocycles. The van der Waals surface area contributed by atoms with E-state index in [1.165, 1.54) is 6.07 Å². The molecule has 1 aliphatic heterocycles. The van der Waals surface area contributed by atoms with E-state index in [2.05, 4.69) is 0 Å². The van der Waals surface area contributed by atoms with Gasteiger partial charge in [0.15, 0.2) is 5.76 Å². The highest BCUT2D eigenvalue weighted by atomic mass is 35.5. The fourth-order valence-electron chi connectivity index (χ4n) is 2.56. The molecule has 0 atom stereocenters. The first-order valence-corrected chi connectivity index (χ1v) is 7.87. The van der Waals surface area contributed by atoms with Crippen LogP contribution in [0.1, 0.15) is 35.3 Å². The van der Waals surface area contributed by atoms with Gasteiger partial charge in [-0.1, -0.05) is 17.7 Å². The van der Waals surface area contributed by atoms with Crippen molar-refractivity contribution in [1.29, 1.82) is 0 Å². The lowest BCUT2D eigenvalue weighted by atomic mass is 10.1. The van der Waals surface area contributed by atoms with E-state index in [9.17, 15) is 9.18 Å². The van der Waals surface area contributed by atoms with E-state index in [-0.39, 0.29) is 12.4 Å². The molecule has 0 aromatic heterocycles. The third kappa shape index (κ3) is 2.78. The maximum absolute atomic E-state index is 13.8. The van der Waals surface area contributed by atoms with Gasteiger partial charge in [-0.3, -0.25) is 4.79 Å². The SMILES string of the molecule is CC(C)=C1Oc2c(ccc(OCc3c(F)cccc3Cl)c2C)C1=O. The summed E-state index contributed by atoms with van der Waals surface area (Å²) in [7, 11) is 0. The number of fused-ring (bicyclic) bond motifs is 1. The zero-order valence-electron chi connectivity index (χ0n) is 13.6. The molecule has 0 fully saturated rings. The van der Waals surface area contributed by atoms with Crippen LogP contribution >= 0.6 is 11.6 Å². The molecule has 5 heteroatoms. The molecule has 0 unspecified atom stereocenters. The second-order valence-corrected chi connectivity index (χ2v) is 6.22. The Labute approximate surface area is 144 Å². The highest BCUT2D eigenvalue weighted by Crippen LogP contribution is 2.39. The Morgan fingerprint density at radius 2 is 2.00 bits per heavy atom. The lowest BCUT2D eigenvalue weighted by molar-refractivity contribution is 0.101. The van der Waals surface area contributed by atoms with Crippen molar-refractivity contribution >= 4 is 17.4 Å². The van der Waals surface area contributed by atoms with Gasteiger partial charge < -0.3 is 9.47 Å². The monoisotopic (exact) mass is 346 g/mol. The molecule has 0 spiro atoms. The fourth-order valence-corrected chi connectivity index (χ4v) is 2.78. The van der Waals surface area contributed by atoms with Crippen LogP contribution in [-0.2, 0) is 6.61 Å². The number of Topliss-reactive ketones (excluding diaryl/α,β-unsaturated/α-hetero) is 1. The van der Waals surface area contributed by atoms with Crippen LogP contribution in [0.4, 0.5) is 4.39 Å². The first-order chi connectivity index (χ1) is 11.4. The number of hydrogen-bond acceptors (Lipinski definition) is 3. The van der Waals surface area contributed by atoms with Gasteiger partial charge in [0.1, 0.15) is 23.9 Å². The molecular formula is C19H16ClFO3. The van der Waals surface area contributed by atoms with Crippen molar-refractivity contribution in [3.05, 3.63) is 69.2 Å². The van der Waals surface area contributed by atoms with Gasteiger partial charge in [-0.05, 0) is 50.6 Å². The molecule has 0 bridgehead atoms. The summed E-state index contributed by atoms with van der Waals surface area (Å²) in [6.07, 6.45) is 0. The summed E-state index contributed by atoms with van der Waals surface area (Å²) in [5.41, 5.74) is 2.32. The summed E-state index contributed by atoms with van der Waals surface area (Å²) >= 11 is 6.01. The minimum atomic E-state index is -0.417. The molecule has 124 valence electrons. The molecule has 1 aliphatic rings. The average Bonchev–Trinajstić information content (AvgIpc) is 2.87. The maximum Gasteiger partial charge on any atom is 0.231 e. The normalized spacial score (nSPS) is 12.9. The molecule has 0 radical (unpaired) electrons. The van der Waals surface area contributed by atoms with Crippen LogP contribution in [0.3, 0.4) is 0 Å². The van der Waals surface area contributed by atoms with Gasteiger partial charge in [-0.15, -0.1) is 0 Å². The van der Waals surface area contributed by atoms with Crippen molar-refractivity contribution in [1.82, 2.24) is 0 Å². The van der Waals surface area contributed by atoms with Crippen LogP contribution in [0.2, 0.25) is 5.02 Å². The number of ketones is 1. The Hall–Kier alpha value is -2.33. The maximum atomic E-state index is 13.8. The lowest BCUT2D eigenvalue weighted by Gasteiger charge is -2.12. The highest BCUT2D eigenvalue weighted by molar-refractivity contribution is 6.31. The summed E-state index contributed by atoms with van der Waals surface area (Å²) in [4.78, 5) is 12.3. The minimum Gasteiger partial charge on any atom is -0.488 e. The van der Waals surface area contributed by atoms with Crippen LogP contribution < -0.4 is 9.47 Å². The topological polar surface area (TPSA) is 35.5 Å². The molecule has 24 heavy (non-hydrogen) atoms. The van der Waals surface area contributed by atoms with Gasteiger partial charge >= 0.3 is 0 Å². The molecule has 0 saturated carbocycles. The standard InChI is InChI=1S/C19H16ClFO3/c1-10(2)18-17(22)12-7-8-16(11(3)19(12)24-18)23-9-13-14(20)5-4-6-15(13)21/h4-8H,9H2,1-3H3. The van der Waals surface area contributed by atoms with Gasteiger partial charge in [0.05, 0.1) is 10.6 Å². The van der Waals surface area contributed by atoms with Crippen molar-refractivity contribution in [2.24, 2.45) is 0 Å². The second kappa shape index (κ2) is 6.29. The van der Waals surface area contributed by atoms with Gasteiger partial charge in [0.25, 0.3) is 0 Å². The second-order valence-electron chi connectivity index (χ2n) is 5.81. The summed E-state index contributed by atoms with van der Waals surface area (Å²) in [5, 5.41) is 0.312. The first kappa shape index (κ1) is 16.5. The Morgan fingerprint density at radius 1 is 1.25 bits per heavy atom. The van der Waals surface area contributed by atoms with E-state index in [0.717, 1.165) is 5.57 Å². The molecule has 0 N–H and O–H groups in total. The van der Waals surface area contributed by atoms with Crippen LogP contribution in [-0.4, -0.2) is 5.78 Å². The van der Waals surface area contributed by atoms with Crippen molar-refractivity contribution < 1.29 is 18.7 Å². The van der Waals surface area contributed by atoms with E-state index in [1.807, 2.05) is 13.8 Å². The zero-order valence-corrected chi connectivity index (χ0v) is 14.3. The zero-order chi connectivity index (χ0) is 17.4. The van der Waals surface area contributed by atoms with Crippen LogP contribution in [0.5, 0.6) is 11.5 Å². The largest absolute Gasteiger partial charge is 0.488 e. The molecule has 3 rings (SSSR count). The van der Waals surface area contributed by atoms with Crippen LogP contribution in [0.15, 0.2) is 41.7 Å². The van der Waals surface area contributed by atoms with Gasteiger partial charge in [0.2, 0.25) is 5.78 Å². The quantitative estimate of drug-likeness (QED) is 0.713. The molecule has 1 heterocycles. The van der Waals surface area contributed by atoms with Crippen molar-refractivity contribution in [3.63, 3.8) is 0 Å². The fraction of sp³-hybridized carbons (Fsp3) is 0.211. The Morgan fingerprint density at radius 3 is 2.67 bits per heavy atom. The molecular weight excluding hydrogens is 331 g/mol. The summed E-state index contributed by atoms with van der Waals surface area (Å²) in [5.74, 6) is 0.822. The number of ether oxygens (including phenoxy) is 2. The van der Waals surface area contributed by atoms with E-state index in [1.54, 1.807) is 31.2 Å². The predicted molar refractivity (Wildman–Crippen MR) is 90.3 cm³/mol. The molecule has 2 aromatic carbocycles. The van der Waals surface area contributed by atoms with Crippen molar-refractivity contribution in [2.75, 3.05) is 0 Å². The first-order valence-electron chi connectivity index (χ1n) is 7.49. The Balaban J connectivity index is 1.89. The predicted octanol–water partition coefficient (Wildman–Crippen LogP) is 5.24. The van der Waals surface area contributed by atoms with E-state index >= 15 is 0 Å². The summed E-state index contributed by atoms with van der Waals surface area (Å²) in [6, 6.07) is 7.85. The van der Waals surface area contributed by atoms with Crippen LogP contribution in [0, 0.1) is 12.7 Å². The van der Waals surface area contributed by atoms with Crippen LogP contribution in [0.25, 0.3) is 0 Å². The smallest absolute Gasteiger partial charge is 0.231 e. The summed E-state index contributed by atoms with van der Waals surface area (Å²) in [6.45, 7) is 5.45.